The second-order valence-corrected chi connectivity index (χ2v) is 5.76. The summed E-state index contributed by atoms with van der Waals surface area (Å²) in [6.07, 6.45) is 1.21. The van der Waals surface area contributed by atoms with Crippen LogP contribution in [-0.4, -0.2) is 35.3 Å². The summed E-state index contributed by atoms with van der Waals surface area (Å²) in [6.45, 7) is 0.800. The highest BCUT2D eigenvalue weighted by atomic mass is 32.2. The fourth-order valence-electron chi connectivity index (χ4n) is 1.54. The van der Waals surface area contributed by atoms with Gasteiger partial charge < -0.3 is 10.6 Å². The van der Waals surface area contributed by atoms with Gasteiger partial charge in [0.1, 0.15) is 0 Å². The van der Waals surface area contributed by atoms with E-state index in [4.69, 9.17) is 0 Å². The van der Waals surface area contributed by atoms with Gasteiger partial charge in [-0.05, 0) is 31.8 Å². The van der Waals surface area contributed by atoms with Crippen LogP contribution in [0.2, 0.25) is 0 Å². The summed E-state index contributed by atoms with van der Waals surface area (Å²) in [4.78, 5) is 0.357. The van der Waals surface area contributed by atoms with E-state index in [1.54, 1.807) is 12.1 Å². The van der Waals surface area contributed by atoms with Crippen molar-refractivity contribution < 1.29 is 8.42 Å². The van der Waals surface area contributed by atoms with E-state index < -0.39 is 9.84 Å². The van der Waals surface area contributed by atoms with Crippen LogP contribution >= 0.6 is 0 Å². The van der Waals surface area contributed by atoms with Gasteiger partial charge >= 0.3 is 0 Å². The molecule has 0 aliphatic carbocycles. The lowest BCUT2D eigenvalue weighted by Gasteiger charge is -2.16. The van der Waals surface area contributed by atoms with E-state index in [-0.39, 0.29) is 6.04 Å². The summed E-state index contributed by atoms with van der Waals surface area (Å²) in [6, 6.07) is 7.16. The quantitative estimate of drug-likeness (QED) is 0.792. The van der Waals surface area contributed by atoms with E-state index in [0.717, 1.165) is 12.1 Å². The van der Waals surface area contributed by atoms with E-state index in [1.807, 2.05) is 26.2 Å². The summed E-state index contributed by atoms with van der Waals surface area (Å²) >= 11 is 0. The lowest BCUT2D eigenvalue weighted by Crippen LogP contribution is -2.27. The van der Waals surface area contributed by atoms with E-state index in [0.29, 0.717) is 4.90 Å². The molecular weight excluding hydrogens is 224 g/mol. The lowest BCUT2D eigenvalue weighted by atomic mass is 10.1. The molecular formula is C11H18N2O2S. The molecule has 90 valence electrons. The third-order valence-electron chi connectivity index (χ3n) is 2.47. The minimum absolute atomic E-state index is 0.193. The number of benzene rings is 1. The molecule has 0 heterocycles. The Balaban J connectivity index is 2.93. The molecule has 0 amide bonds. The fourth-order valence-corrected chi connectivity index (χ4v) is 2.17. The summed E-state index contributed by atoms with van der Waals surface area (Å²) in [5.74, 6) is 0. The highest BCUT2D eigenvalue weighted by Crippen LogP contribution is 2.15. The maximum atomic E-state index is 11.3. The molecule has 5 heteroatoms. The van der Waals surface area contributed by atoms with Crippen molar-refractivity contribution in [1.29, 1.82) is 0 Å². The van der Waals surface area contributed by atoms with Gasteiger partial charge in [0.25, 0.3) is 0 Å². The Hall–Kier alpha value is -0.910. The number of nitrogens with one attached hydrogen (secondary N) is 2. The maximum absolute atomic E-state index is 11.3. The zero-order chi connectivity index (χ0) is 12.2. The molecule has 0 saturated heterocycles. The Morgan fingerprint density at radius 3 is 2.12 bits per heavy atom. The van der Waals surface area contributed by atoms with Crippen molar-refractivity contribution in [2.24, 2.45) is 0 Å². The predicted octanol–water partition coefficient (Wildman–Crippen LogP) is 0.570. The van der Waals surface area contributed by atoms with Gasteiger partial charge in [-0.2, -0.15) is 0 Å². The van der Waals surface area contributed by atoms with Crippen LogP contribution < -0.4 is 10.6 Å². The van der Waals surface area contributed by atoms with Crippen molar-refractivity contribution in [3.63, 3.8) is 0 Å². The van der Waals surface area contributed by atoms with Gasteiger partial charge in [0, 0.05) is 18.8 Å². The number of hydrogen-bond donors (Lipinski definition) is 2. The molecule has 4 nitrogen and oxygen atoms in total. The Kier molecular flexibility index (Phi) is 4.46. The van der Waals surface area contributed by atoms with Crippen LogP contribution in [0.15, 0.2) is 29.2 Å². The zero-order valence-corrected chi connectivity index (χ0v) is 10.6. The summed E-state index contributed by atoms with van der Waals surface area (Å²) < 4.78 is 22.6. The molecule has 0 spiro atoms. The molecule has 1 aromatic rings. The zero-order valence-electron chi connectivity index (χ0n) is 9.82. The maximum Gasteiger partial charge on any atom is 0.175 e. The van der Waals surface area contributed by atoms with Gasteiger partial charge in [-0.25, -0.2) is 8.42 Å². The summed E-state index contributed by atoms with van der Waals surface area (Å²) in [5.41, 5.74) is 1.07. The molecule has 0 bridgehead atoms. The number of rotatable bonds is 5. The van der Waals surface area contributed by atoms with E-state index in [2.05, 4.69) is 10.6 Å². The average Bonchev–Trinajstić information content (AvgIpc) is 2.25. The first-order chi connectivity index (χ1) is 7.49. The Morgan fingerprint density at radius 1 is 1.19 bits per heavy atom. The van der Waals surface area contributed by atoms with Crippen molar-refractivity contribution >= 4 is 9.84 Å². The molecule has 1 aromatic carbocycles. The van der Waals surface area contributed by atoms with Crippen molar-refractivity contribution in [2.75, 3.05) is 26.9 Å². The molecule has 1 atom stereocenters. The molecule has 1 rings (SSSR count). The molecule has 0 aliphatic rings. The number of sulfone groups is 1. The molecule has 0 radical (unpaired) electrons. The van der Waals surface area contributed by atoms with Gasteiger partial charge in [0.2, 0.25) is 0 Å². The number of likely N-dealkylation sites (N-methyl/N-ethyl adjacent to an activating group) is 2. The second kappa shape index (κ2) is 5.43. The van der Waals surface area contributed by atoms with E-state index in [9.17, 15) is 8.42 Å². The van der Waals surface area contributed by atoms with Crippen LogP contribution in [0.4, 0.5) is 0 Å². The molecule has 1 unspecified atom stereocenters. The molecule has 0 fully saturated rings. The van der Waals surface area contributed by atoms with Gasteiger partial charge in [-0.3, -0.25) is 0 Å². The topological polar surface area (TPSA) is 58.2 Å². The van der Waals surface area contributed by atoms with Crippen molar-refractivity contribution in [3.8, 4) is 0 Å². The van der Waals surface area contributed by atoms with Crippen LogP contribution in [0, 0.1) is 0 Å². The van der Waals surface area contributed by atoms with E-state index in [1.165, 1.54) is 6.26 Å². The molecule has 0 saturated carbocycles. The third-order valence-corrected chi connectivity index (χ3v) is 3.60. The normalized spacial score (nSPS) is 13.7. The minimum atomic E-state index is -3.10. The standard InChI is InChI=1S/C11H18N2O2S/c1-12-8-11(13-2)9-4-6-10(7-5-9)16(3,14)15/h4-7,11-13H,8H2,1-3H3. The van der Waals surface area contributed by atoms with Crippen LogP contribution in [0.25, 0.3) is 0 Å². The first kappa shape index (κ1) is 13.2. The first-order valence-electron chi connectivity index (χ1n) is 5.11. The number of hydrogen-bond acceptors (Lipinski definition) is 4. The summed E-state index contributed by atoms with van der Waals surface area (Å²) in [5, 5.41) is 6.25. The van der Waals surface area contributed by atoms with Crippen molar-refractivity contribution in [3.05, 3.63) is 29.8 Å². The van der Waals surface area contributed by atoms with Crippen LogP contribution in [0.3, 0.4) is 0 Å². The smallest absolute Gasteiger partial charge is 0.175 e. The van der Waals surface area contributed by atoms with Gasteiger partial charge in [-0.15, -0.1) is 0 Å². The highest BCUT2D eigenvalue weighted by molar-refractivity contribution is 7.90. The Morgan fingerprint density at radius 2 is 1.75 bits per heavy atom. The highest BCUT2D eigenvalue weighted by Gasteiger charge is 2.10. The molecule has 2 N–H and O–H groups in total. The van der Waals surface area contributed by atoms with Crippen LogP contribution in [-0.2, 0) is 9.84 Å². The Bertz CT molecular complexity index is 426. The average molecular weight is 242 g/mol. The van der Waals surface area contributed by atoms with E-state index >= 15 is 0 Å². The SMILES string of the molecule is CNCC(NC)c1ccc(S(C)(=O)=O)cc1. The van der Waals surface area contributed by atoms with Crippen molar-refractivity contribution in [2.45, 2.75) is 10.9 Å². The van der Waals surface area contributed by atoms with Crippen molar-refractivity contribution in [1.82, 2.24) is 10.6 Å². The predicted molar refractivity (Wildman–Crippen MR) is 65.3 cm³/mol. The molecule has 16 heavy (non-hydrogen) atoms. The van der Waals surface area contributed by atoms with Gasteiger partial charge in [-0.1, -0.05) is 12.1 Å². The minimum Gasteiger partial charge on any atom is -0.318 e. The third kappa shape index (κ3) is 3.30. The fraction of sp³-hybridized carbons (Fsp3) is 0.455. The van der Waals surface area contributed by atoms with Crippen LogP contribution in [0.1, 0.15) is 11.6 Å². The van der Waals surface area contributed by atoms with Gasteiger partial charge in [0.05, 0.1) is 4.90 Å². The monoisotopic (exact) mass is 242 g/mol. The first-order valence-corrected chi connectivity index (χ1v) is 7.00. The molecule has 0 aromatic heterocycles. The molecule has 0 aliphatic heterocycles. The largest absolute Gasteiger partial charge is 0.318 e. The summed E-state index contributed by atoms with van der Waals surface area (Å²) in [7, 11) is 0.665. The van der Waals surface area contributed by atoms with Crippen LogP contribution in [0.5, 0.6) is 0 Å². The second-order valence-electron chi connectivity index (χ2n) is 3.74. The van der Waals surface area contributed by atoms with Gasteiger partial charge in [0.15, 0.2) is 9.84 Å². The lowest BCUT2D eigenvalue weighted by molar-refractivity contribution is 0.558. The Labute approximate surface area is 97.0 Å².